The van der Waals surface area contributed by atoms with Crippen LogP contribution in [0, 0.1) is 0 Å². The SMILES string of the molecule is COC(=O)c1cc(N2CCCC2)cc(-c2cncs2)n1. The minimum Gasteiger partial charge on any atom is -0.464 e. The molecule has 2 aromatic rings. The van der Waals surface area contributed by atoms with Crippen LogP contribution in [0.1, 0.15) is 23.3 Å². The molecule has 2 aromatic heterocycles. The van der Waals surface area contributed by atoms with Gasteiger partial charge in [0.25, 0.3) is 0 Å². The fourth-order valence-electron chi connectivity index (χ4n) is 2.35. The van der Waals surface area contributed by atoms with Crippen molar-refractivity contribution in [2.24, 2.45) is 0 Å². The van der Waals surface area contributed by atoms with Crippen molar-refractivity contribution in [3.8, 4) is 10.6 Å². The average molecular weight is 289 g/mol. The number of aromatic nitrogens is 2. The van der Waals surface area contributed by atoms with Gasteiger partial charge in [0.2, 0.25) is 0 Å². The molecule has 1 aliphatic rings. The molecule has 3 rings (SSSR count). The maximum atomic E-state index is 11.8. The molecule has 0 aromatic carbocycles. The quantitative estimate of drug-likeness (QED) is 0.813. The van der Waals surface area contributed by atoms with Gasteiger partial charge in [-0.05, 0) is 25.0 Å². The fourth-order valence-corrected chi connectivity index (χ4v) is 2.93. The Bertz CT molecular complexity index is 607. The second kappa shape index (κ2) is 5.58. The zero-order valence-corrected chi connectivity index (χ0v) is 12.0. The van der Waals surface area contributed by atoms with Crippen LogP contribution in [0.25, 0.3) is 10.6 Å². The first kappa shape index (κ1) is 13.1. The average Bonchev–Trinajstić information content (AvgIpc) is 3.18. The van der Waals surface area contributed by atoms with E-state index in [-0.39, 0.29) is 0 Å². The van der Waals surface area contributed by atoms with Crippen LogP contribution in [0.4, 0.5) is 5.69 Å². The molecule has 1 saturated heterocycles. The van der Waals surface area contributed by atoms with E-state index in [9.17, 15) is 4.79 Å². The van der Waals surface area contributed by atoms with E-state index in [1.165, 1.54) is 31.3 Å². The second-order valence-corrected chi connectivity index (χ2v) is 5.53. The molecule has 1 aliphatic heterocycles. The largest absolute Gasteiger partial charge is 0.464 e. The highest BCUT2D eigenvalue weighted by atomic mass is 32.1. The number of rotatable bonds is 3. The third-order valence-corrected chi connectivity index (χ3v) is 4.16. The molecule has 0 bridgehead atoms. The second-order valence-electron chi connectivity index (χ2n) is 4.65. The number of carbonyl (C=O) groups excluding carboxylic acids is 1. The molecule has 0 saturated carbocycles. The van der Waals surface area contributed by atoms with Gasteiger partial charge in [-0.15, -0.1) is 11.3 Å². The minimum absolute atomic E-state index is 0.348. The first-order chi connectivity index (χ1) is 9.78. The molecule has 3 heterocycles. The predicted octanol–water partition coefficient (Wildman–Crippen LogP) is 2.59. The van der Waals surface area contributed by atoms with Crippen molar-refractivity contribution in [2.75, 3.05) is 25.1 Å². The molecule has 0 spiro atoms. The van der Waals surface area contributed by atoms with E-state index in [0.717, 1.165) is 29.3 Å². The van der Waals surface area contributed by atoms with Gasteiger partial charge in [0.05, 0.1) is 23.2 Å². The van der Waals surface area contributed by atoms with Crippen molar-refractivity contribution >= 4 is 23.0 Å². The minimum atomic E-state index is -0.406. The van der Waals surface area contributed by atoms with Crippen molar-refractivity contribution in [1.82, 2.24) is 9.97 Å². The van der Waals surface area contributed by atoms with Gasteiger partial charge in [-0.25, -0.2) is 9.78 Å². The summed E-state index contributed by atoms with van der Waals surface area (Å²) in [7, 11) is 1.37. The summed E-state index contributed by atoms with van der Waals surface area (Å²) in [5.74, 6) is -0.406. The summed E-state index contributed by atoms with van der Waals surface area (Å²) in [6, 6.07) is 3.83. The lowest BCUT2D eigenvalue weighted by Crippen LogP contribution is -2.19. The van der Waals surface area contributed by atoms with Gasteiger partial charge in [-0.1, -0.05) is 0 Å². The highest BCUT2D eigenvalue weighted by Gasteiger charge is 2.18. The molecule has 1 fully saturated rings. The van der Waals surface area contributed by atoms with Gasteiger partial charge < -0.3 is 9.64 Å². The Hall–Kier alpha value is -1.95. The summed E-state index contributed by atoms with van der Waals surface area (Å²) in [5.41, 5.74) is 3.91. The first-order valence-electron chi connectivity index (χ1n) is 6.52. The van der Waals surface area contributed by atoms with Crippen LogP contribution in [0.15, 0.2) is 23.8 Å². The number of carbonyl (C=O) groups is 1. The van der Waals surface area contributed by atoms with Crippen LogP contribution >= 0.6 is 11.3 Å². The zero-order chi connectivity index (χ0) is 13.9. The number of hydrogen-bond donors (Lipinski definition) is 0. The number of methoxy groups -OCH3 is 1. The fraction of sp³-hybridized carbons (Fsp3) is 0.357. The van der Waals surface area contributed by atoms with Crippen LogP contribution in [0.2, 0.25) is 0 Å². The molecule has 0 atom stereocenters. The Morgan fingerprint density at radius 1 is 1.35 bits per heavy atom. The summed E-state index contributed by atoms with van der Waals surface area (Å²) in [5, 5.41) is 0. The molecule has 5 nitrogen and oxygen atoms in total. The number of nitrogens with zero attached hydrogens (tertiary/aromatic N) is 3. The molecule has 0 N–H and O–H groups in total. The Morgan fingerprint density at radius 3 is 2.80 bits per heavy atom. The standard InChI is InChI=1S/C14H15N3O2S/c1-19-14(18)12-7-10(17-4-2-3-5-17)6-11(16-12)13-8-15-9-20-13/h6-9H,2-5H2,1H3. The van der Waals surface area contributed by atoms with Crippen LogP contribution in [0.3, 0.4) is 0 Å². The van der Waals surface area contributed by atoms with E-state index >= 15 is 0 Å². The van der Waals surface area contributed by atoms with Gasteiger partial charge in [0.1, 0.15) is 0 Å². The monoisotopic (exact) mass is 289 g/mol. The van der Waals surface area contributed by atoms with Crippen molar-refractivity contribution in [2.45, 2.75) is 12.8 Å². The van der Waals surface area contributed by atoms with Crippen LogP contribution in [-0.2, 0) is 4.74 Å². The molecule has 0 radical (unpaired) electrons. The summed E-state index contributed by atoms with van der Waals surface area (Å²) < 4.78 is 4.79. The van der Waals surface area contributed by atoms with E-state index in [2.05, 4.69) is 14.9 Å². The third-order valence-electron chi connectivity index (χ3n) is 3.36. The summed E-state index contributed by atoms with van der Waals surface area (Å²) in [4.78, 5) is 23.5. The number of hydrogen-bond acceptors (Lipinski definition) is 6. The molecular weight excluding hydrogens is 274 g/mol. The maximum absolute atomic E-state index is 11.8. The lowest BCUT2D eigenvalue weighted by Gasteiger charge is -2.18. The maximum Gasteiger partial charge on any atom is 0.356 e. The van der Waals surface area contributed by atoms with Crippen molar-refractivity contribution in [3.05, 3.63) is 29.5 Å². The molecule has 104 valence electrons. The van der Waals surface area contributed by atoms with E-state index in [1.54, 1.807) is 11.7 Å². The summed E-state index contributed by atoms with van der Waals surface area (Å²) in [6.45, 7) is 2.04. The van der Waals surface area contributed by atoms with E-state index in [0.29, 0.717) is 5.69 Å². The molecule has 6 heteroatoms. The van der Waals surface area contributed by atoms with E-state index < -0.39 is 5.97 Å². The number of anilines is 1. The Balaban J connectivity index is 2.05. The van der Waals surface area contributed by atoms with Crippen molar-refractivity contribution in [1.29, 1.82) is 0 Å². The van der Waals surface area contributed by atoms with Gasteiger partial charge in [-0.2, -0.15) is 0 Å². The number of thiazole rings is 1. The Kier molecular flexibility index (Phi) is 3.64. The number of ether oxygens (including phenoxy) is 1. The topological polar surface area (TPSA) is 55.3 Å². The highest BCUT2D eigenvalue weighted by Crippen LogP contribution is 2.28. The lowest BCUT2D eigenvalue weighted by molar-refractivity contribution is 0.0594. The molecule has 20 heavy (non-hydrogen) atoms. The molecule has 0 aliphatic carbocycles. The lowest BCUT2D eigenvalue weighted by atomic mass is 10.2. The normalized spacial score (nSPS) is 14.6. The van der Waals surface area contributed by atoms with Crippen molar-refractivity contribution < 1.29 is 9.53 Å². The Morgan fingerprint density at radius 2 is 2.15 bits per heavy atom. The smallest absolute Gasteiger partial charge is 0.356 e. The zero-order valence-electron chi connectivity index (χ0n) is 11.2. The van der Waals surface area contributed by atoms with Gasteiger partial charge >= 0.3 is 5.97 Å². The third kappa shape index (κ3) is 2.51. The summed E-state index contributed by atoms with van der Waals surface area (Å²) in [6.07, 6.45) is 4.14. The first-order valence-corrected chi connectivity index (χ1v) is 7.40. The number of esters is 1. The van der Waals surface area contributed by atoms with Gasteiger partial charge in [0.15, 0.2) is 5.69 Å². The van der Waals surface area contributed by atoms with Crippen molar-refractivity contribution in [3.63, 3.8) is 0 Å². The summed E-state index contributed by atoms with van der Waals surface area (Å²) >= 11 is 1.51. The molecular formula is C14H15N3O2S. The van der Waals surface area contributed by atoms with E-state index in [4.69, 9.17) is 4.74 Å². The highest BCUT2D eigenvalue weighted by molar-refractivity contribution is 7.13. The van der Waals surface area contributed by atoms with Crippen LogP contribution in [0.5, 0.6) is 0 Å². The van der Waals surface area contributed by atoms with E-state index in [1.807, 2.05) is 12.1 Å². The van der Waals surface area contributed by atoms with Gasteiger partial charge in [0, 0.05) is 25.0 Å². The molecule has 0 amide bonds. The molecule has 0 unspecified atom stereocenters. The van der Waals surface area contributed by atoms with Crippen LogP contribution in [-0.4, -0.2) is 36.1 Å². The van der Waals surface area contributed by atoms with Crippen LogP contribution < -0.4 is 4.90 Å². The van der Waals surface area contributed by atoms with Gasteiger partial charge in [-0.3, -0.25) is 4.98 Å². The predicted molar refractivity (Wildman–Crippen MR) is 78.1 cm³/mol. The Labute approximate surface area is 121 Å². The number of pyridine rings is 1.